The van der Waals surface area contributed by atoms with E-state index in [1.165, 1.54) is 16.9 Å². The highest BCUT2D eigenvalue weighted by Crippen LogP contribution is 2.42. The van der Waals surface area contributed by atoms with Crippen LogP contribution in [0.15, 0.2) is 30.7 Å². The van der Waals surface area contributed by atoms with E-state index in [4.69, 9.17) is 16.3 Å². The lowest BCUT2D eigenvalue weighted by atomic mass is 9.97. The lowest BCUT2D eigenvalue weighted by molar-refractivity contribution is 0.305. The molecule has 0 unspecified atom stereocenters. The van der Waals surface area contributed by atoms with Crippen LogP contribution < -0.4 is 15.0 Å². The Hall–Kier alpha value is -2.78. The largest absolute Gasteiger partial charge is 0.491 e. The monoisotopic (exact) mass is 476 g/mol. The van der Waals surface area contributed by atoms with Gasteiger partial charge in [-0.15, -0.1) is 0 Å². The first-order valence-corrected chi connectivity index (χ1v) is 11.4. The summed E-state index contributed by atoms with van der Waals surface area (Å²) in [4.78, 5) is 10.3. The predicted molar refractivity (Wildman–Crippen MR) is 124 cm³/mol. The number of rotatable bonds is 8. The normalized spacial score (nSPS) is 14.6. The van der Waals surface area contributed by atoms with Crippen LogP contribution in [0.2, 0.25) is 5.15 Å². The fraction of sp³-hybridized carbons (Fsp3) is 0.435. The third-order valence-electron chi connectivity index (χ3n) is 5.79. The second-order valence-electron chi connectivity index (χ2n) is 8.19. The summed E-state index contributed by atoms with van der Waals surface area (Å²) in [5.74, 6) is -0.524. The van der Waals surface area contributed by atoms with Gasteiger partial charge in [-0.1, -0.05) is 18.5 Å². The molecule has 0 aliphatic carbocycles. The summed E-state index contributed by atoms with van der Waals surface area (Å²) < 4.78 is 38.5. The van der Waals surface area contributed by atoms with Crippen LogP contribution in [0.3, 0.4) is 0 Å². The van der Waals surface area contributed by atoms with E-state index in [1.54, 1.807) is 18.5 Å². The van der Waals surface area contributed by atoms with Crippen LogP contribution in [0.5, 0.6) is 5.75 Å². The van der Waals surface area contributed by atoms with Crippen LogP contribution in [0, 0.1) is 17.6 Å². The molecule has 0 atom stereocenters. The van der Waals surface area contributed by atoms with E-state index in [1.807, 2.05) is 11.9 Å². The average Bonchev–Trinajstić information content (AvgIpc) is 3.34. The zero-order valence-electron chi connectivity index (χ0n) is 18.7. The molecule has 1 aliphatic rings. The molecule has 10 heteroatoms. The average molecular weight is 477 g/mol. The number of ether oxygens (including phenoxy) is 1. The molecule has 1 aromatic carbocycles. The number of nitrogens with zero attached hydrogens (tertiary/aromatic N) is 5. The molecule has 3 aromatic rings. The number of anilines is 1. The van der Waals surface area contributed by atoms with Crippen molar-refractivity contribution in [2.24, 2.45) is 5.92 Å². The van der Waals surface area contributed by atoms with Gasteiger partial charge in [-0.05, 0) is 44.8 Å². The zero-order chi connectivity index (χ0) is 23.4. The van der Waals surface area contributed by atoms with E-state index in [0.29, 0.717) is 32.0 Å². The smallest absolute Gasteiger partial charge is 0.251 e. The van der Waals surface area contributed by atoms with Crippen LogP contribution in [-0.2, 0) is 0 Å². The highest BCUT2D eigenvalue weighted by Gasteiger charge is 2.28. The number of hydrogen-bond acceptors (Lipinski definition) is 6. The SMILES string of the molecule is CNCCCOc1cc(F)c(-c2cnc(-n3cccn3)nc2Cl)c(F)c1N1CCC(C)CC1. The minimum Gasteiger partial charge on any atom is -0.491 e. The first-order chi connectivity index (χ1) is 16.0. The maximum absolute atomic E-state index is 16.0. The van der Waals surface area contributed by atoms with E-state index in [-0.39, 0.29) is 33.7 Å². The maximum atomic E-state index is 16.0. The van der Waals surface area contributed by atoms with Crippen molar-refractivity contribution in [1.29, 1.82) is 0 Å². The molecule has 0 amide bonds. The summed E-state index contributed by atoms with van der Waals surface area (Å²) >= 11 is 6.36. The third-order valence-corrected chi connectivity index (χ3v) is 6.08. The summed E-state index contributed by atoms with van der Waals surface area (Å²) in [6.45, 7) is 4.60. The Morgan fingerprint density at radius 1 is 1.27 bits per heavy atom. The van der Waals surface area contributed by atoms with Crippen molar-refractivity contribution in [3.8, 4) is 22.8 Å². The molecule has 2 aromatic heterocycles. The molecule has 176 valence electrons. The van der Waals surface area contributed by atoms with Crippen LogP contribution in [0.4, 0.5) is 14.5 Å². The van der Waals surface area contributed by atoms with E-state index in [0.717, 1.165) is 19.4 Å². The van der Waals surface area contributed by atoms with Crippen LogP contribution in [0.25, 0.3) is 17.1 Å². The molecule has 33 heavy (non-hydrogen) atoms. The van der Waals surface area contributed by atoms with Gasteiger partial charge >= 0.3 is 0 Å². The summed E-state index contributed by atoms with van der Waals surface area (Å²) in [5.41, 5.74) is 0.0779. The third kappa shape index (κ3) is 5.09. The fourth-order valence-electron chi connectivity index (χ4n) is 3.92. The van der Waals surface area contributed by atoms with Crippen molar-refractivity contribution in [1.82, 2.24) is 25.1 Å². The topological polar surface area (TPSA) is 68.1 Å². The molecule has 1 fully saturated rings. The van der Waals surface area contributed by atoms with Gasteiger partial charge in [0.05, 0.1) is 12.2 Å². The maximum Gasteiger partial charge on any atom is 0.251 e. The van der Waals surface area contributed by atoms with Crippen molar-refractivity contribution in [3.63, 3.8) is 0 Å². The van der Waals surface area contributed by atoms with Gasteiger partial charge in [0.2, 0.25) is 0 Å². The molecule has 0 bridgehead atoms. The standard InChI is InChI=1S/C23H27ClF2N6O/c1-15-5-10-31(11-6-15)21-18(33-12-4-7-27-2)13-17(25)19(20(21)26)16-14-28-23(30-22(16)24)32-9-3-8-29-32/h3,8-9,13-15,27H,4-7,10-12H2,1-2H3. The number of benzene rings is 1. The second kappa shape index (κ2) is 10.4. The number of aromatic nitrogens is 4. The molecule has 0 spiro atoms. The molecule has 7 nitrogen and oxygen atoms in total. The van der Waals surface area contributed by atoms with Crippen LogP contribution >= 0.6 is 11.6 Å². The number of hydrogen-bond donors (Lipinski definition) is 1. The molecular formula is C23H27ClF2N6O. The van der Waals surface area contributed by atoms with Crippen molar-refractivity contribution in [2.75, 3.05) is 38.2 Å². The minimum atomic E-state index is -0.775. The molecule has 1 aliphatic heterocycles. The molecule has 1 saturated heterocycles. The Morgan fingerprint density at radius 2 is 2.06 bits per heavy atom. The number of piperidine rings is 1. The zero-order valence-corrected chi connectivity index (χ0v) is 19.4. The first kappa shape index (κ1) is 23.4. The van der Waals surface area contributed by atoms with Gasteiger partial charge in [0.25, 0.3) is 5.95 Å². The minimum absolute atomic E-state index is 0.0609. The van der Waals surface area contributed by atoms with Crippen molar-refractivity contribution < 1.29 is 13.5 Å². The second-order valence-corrected chi connectivity index (χ2v) is 8.55. The fourth-order valence-corrected chi connectivity index (χ4v) is 4.14. The molecule has 1 N–H and O–H groups in total. The Labute approximate surface area is 196 Å². The van der Waals surface area contributed by atoms with E-state index in [2.05, 4.69) is 27.3 Å². The Bertz CT molecular complexity index is 1090. The molecule has 0 saturated carbocycles. The van der Waals surface area contributed by atoms with Crippen LogP contribution in [-0.4, -0.2) is 53.0 Å². The van der Waals surface area contributed by atoms with E-state index in [9.17, 15) is 0 Å². The van der Waals surface area contributed by atoms with Gasteiger partial charge in [0.15, 0.2) is 5.82 Å². The quantitative estimate of drug-likeness (QED) is 0.382. The molecule has 3 heterocycles. The van der Waals surface area contributed by atoms with Gasteiger partial charge in [-0.2, -0.15) is 10.1 Å². The molecule has 4 rings (SSSR count). The molecular weight excluding hydrogens is 450 g/mol. The van der Waals surface area contributed by atoms with Gasteiger partial charge in [-0.3, -0.25) is 0 Å². The summed E-state index contributed by atoms with van der Waals surface area (Å²) in [6.07, 6.45) is 7.12. The first-order valence-electron chi connectivity index (χ1n) is 11.1. The van der Waals surface area contributed by atoms with Crippen molar-refractivity contribution >= 4 is 17.3 Å². The van der Waals surface area contributed by atoms with Crippen molar-refractivity contribution in [2.45, 2.75) is 26.2 Å². The van der Waals surface area contributed by atoms with Gasteiger partial charge in [0.1, 0.15) is 22.4 Å². The number of nitrogens with one attached hydrogen (secondary N) is 1. The summed E-state index contributed by atoms with van der Waals surface area (Å²) in [5, 5.41) is 7.03. The van der Waals surface area contributed by atoms with Gasteiger partial charge in [-0.25, -0.2) is 18.4 Å². The van der Waals surface area contributed by atoms with Gasteiger partial charge < -0.3 is 15.0 Å². The molecule has 0 radical (unpaired) electrons. The Kier molecular flexibility index (Phi) is 7.39. The summed E-state index contributed by atoms with van der Waals surface area (Å²) in [6, 6.07) is 2.95. The highest BCUT2D eigenvalue weighted by molar-refractivity contribution is 6.32. The van der Waals surface area contributed by atoms with Crippen LogP contribution in [0.1, 0.15) is 26.2 Å². The van der Waals surface area contributed by atoms with Gasteiger partial charge in [0, 0.05) is 43.3 Å². The van der Waals surface area contributed by atoms with E-state index < -0.39 is 11.6 Å². The number of halogens is 3. The highest BCUT2D eigenvalue weighted by atomic mass is 35.5. The summed E-state index contributed by atoms with van der Waals surface area (Å²) in [7, 11) is 1.85. The lowest BCUT2D eigenvalue weighted by Crippen LogP contribution is -2.34. The van der Waals surface area contributed by atoms with E-state index >= 15 is 8.78 Å². The van der Waals surface area contributed by atoms with Crippen molar-refractivity contribution in [3.05, 3.63) is 47.5 Å². The Morgan fingerprint density at radius 3 is 2.73 bits per heavy atom. The lowest BCUT2D eigenvalue weighted by Gasteiger charge is -2.34. The Balaban J connectivity index is 1.75. The predicted octanol–water partition coefficient (Wildman–Crippen LogP) is 4.49.